The van der Waals surface area contributed by atoms with E-state index in [1.165, 1.54) is 5.56 Å². The monoisotopic (exact) mass is 223 g/mol. The van der Waals surface area contributed by atoms with E-state index in [2.05, 4.69) is 18.3 Å². The lowest BCUT2D eigenvalue weighted by Gasteiger charge is -2.12. The molecule has 0 aliphatic heterocycles. The van der Waals surface area contributed by atoms with Crippen LogP contribution >= 0.6 is 0 Å². The van der Waals surface area contributed by atoms with Crippen LogP contribution in [0.15, 0.2) is 18.5 Å². The van der Waals surface area contributed by atoms with Crippen molar-refractivity contribution >= 4 is 5.91 Å². The Balaban J connectivity index is 2.68. The lowest BCUT2D eigenvalue weighted by molar-refractivity contribution is -0.129. The summed E-state index contributed by atoms with van der Waals surface area (Å²) < 4.78 is 1.93. The first kappa shape index (κ1) is 12.8. The Morgan fingerprint density at radius 1 is 1.56 bits per heavy atom. The van der Waals surface area contributed by atoms with Gasteiger partial charge in [0.1, 0.15) is 6.54 Å². The first-order chi connectivity index (χ1) is 7.58. The molecule has 1 rings (SSSR count). The van der Waals surface area contributed by atoms with Crippen LogP contribution in [-0.4, -0.2) is 36.5 Å². The summed E-state index contributed by atoms with van der Waals surface area (Å²) in [6.07, 6.45) is 5.03. The predicted molar refractivity (Wildman–Crippen MR) is 65.2 cm³/mol. The second-order valence-electron chi connectivity index (χ2n) is 4.15. The molecule has 1 aromatic rings. The van der Waals surface area contributed by atoms with E-state index in [1.807, 2.05) is 24.0 Å². The quantitative estimate of drug-likeness (QED) is 0.815. The average molecular weight is 223 g/mol. The van der Waals surface area contributed by atoms with Crippen LogP contribution < -0.4 is 5.32 Å². The van der Waals surface area contributed by atoms with Crippen LogP contribution in [0.3, 0.4) is 0 Å². The number of hydrogen-bond donors (Lipinski definition) is 1. The van der Waals surface area contributed by atoms with Crippen LogP contribution in [0.5, 0.6) is 0 Å². The molecule has 1 amide bonds. The third-order valence-corrected chi connectivity index (χ3v) is 2.75. The number of carbonyl (C=O) groups excluding carboxylic acids is 1. The van der Waals surface area contributed by atoms with E-state index in [4.69, 9.17) is 0 Å². The molecular weight excluding hydrogens is 202 g/mol. The molecule has 0 fully saturated rings. The molecule has 0 aromatic carbocycles. The van der Waals surface area contributed by atoms with Gasteiger partial charge in [0, 0.05) is 32.5 Å². The Bertz CT molecular complexity index is 340. The zero-order valence-electron chi connectivity index (χ0n) is 10.5. The zero-order chi connectivity index (χ0) is 12.1. The van der Waals surface area contributed by atoms with Crippen molar-refractivity contribution in [3.05, 3.63) is 24.0 Å². The summed E-state index contributed by atoms with van der Waals surface area (Å²) >= 11 is 0. The van der Waals surface area contributed by atoms with Crippen LogP contribution in [0.4, 0.5) is 0 Å². The normalized spacial score (nSPS) is 12.5. The zero-order valence-corrected chi connectivity index (χ0v) is 10.5. The highest BCUT2D eigenvalue weighted by atomic mass is 16.2. The van der Waals surface area contributed by atoms with Crippen molar-refractivity contribution in [3.63, 3.8) is 0 Å². The van der Waals surface area contributed by atoms with Gasteiger partial charge < -0.3 is 14.8 Å². The third-order valence-electron chi connectivity index (χ3n) is 2.75. The van der Waals surface area contributed by atoms with E-state index in [0.717, 1.165) is 6.42 Å². The van der Waals surface area contributed by atoms with E-state index < -0.39 is 0 Å². The second kappa shape index (κ2) is 5.70. The fourth-order valence-electron chi connectivity index (χ4n) is 1.67. The Morgan fingerprint density at radius 2 is 2.25 bits per heavy atom. The number of hydrogen-bond acceptors (Lipinski definition) is 2. The van der Waals surface area contributed by atoms with Crippen LogP contribution in [0.25, 0.3) is 0 Å². The maximum Gasteiger partial charge on any atom is 0.241 e. The molecule has 0 radical (unpaired) electrons. The largest absolute Gasteiger partial charge is 0.347 e. The molecule has 0 aliphatic carbocycles. The van der Waals surface area contributed by atoms with Crippen molar-refractivity contribution < 1.29 is 4.79 Å². The van der Waals surface area contributed by atoms with Crippen LogP contribution in [0.1, 0.15) is 24.9 Å². The number of amides is 1. The third kappa shape index (κ3) is 3.10. The molecule has 16 heavy (non-hydrogen) atoms. The fraction of sp³-hybridized carbons (Fsp3) is 0.583. The van der Waals surface area contributed by atoms with E-state index in [0.29, 0.717) is 12.6 Å². The van der Waals surface area contributed by atoms with Gasteiger partial charge in [0.15, 0.2) is 0 Å². The van der Waals surface area contributed by atoms with Gasteiger partial charge in [0.25, 0.3) is 0 Å². The van der Waals surface area contributed by atoms with Crippen molar-refractivity contribution in [2.75, 3.05) is 21.1 Å². The maximum atomic E-state index is 11.5. The van der Waals surface area contributed by atoms with Gasteiger partial charge in [-0.1, -0.05) is 6.92 Å². The summed E-state index contributed by atoms with van der Waals surface area (Å²) in [5, 5.41) is 3.25. The molecular formula is C12H21N3O. The molecule has 0 spiro atoms. The van der Waals surface area contributed by atoms with E-state index >= 15 is 0 Å². The second-order valence-corrected chi connectivity index (χ2v) is 4.15. The van der Waals surface area contributed by atoms with Gasteiger partial charge in [0.2, 0.25) is 5.91 Å². The van der Waals surface area contributed by atoms with Crippen molar-refractivity contribution in [2.45, 2.75) is 25.9 Å². The van der Waals surface area contributed by atoms with Gasteiger partial charge in [-0.2, -0.15) is 0 Å². The highest BCUT2D eigenvalue weighted by Gasteiger charge is 2.10. The van der Waals surface area contributed by atoms with Crippen molar-refractivity contribution in [1.29, 1.82) is 0 Å². The summed E-state index contributed by atoms with van der Waals surface area (Å²) in [5.74, 6) is 0.111. The molecule has 1 N–H and O–H groups in total. The smallest absolute Gasteiger partial charge is 0.241 e. The van der Waals surface area contributed by atoms with Gasteiger partial charge in [-0.3, -0.25) is 4.79 Å². The summed E-state index contributed by atoms with van der Waals surface area (Å²) in [7, 11) is 5.50. The number of rotatable bonds is 5. The molecule has 0 saturated carbocycles. The molecule has 0 aliphatic rings. The number of carbonyl (C=O) groups is 1. The van der Waals surface area contributed by atoms with Crippen molar-refractivity contribution in [2.24, 2.45) is 0 Å². The summed E-state index contributed by atoms with van der Waals surface area (Å²) in [4.78, 5) is 13.1. The Labute approximate surface area is 97.2 Å². The predicted octanol–water partition coefficient (Wildman–Crippen LogP) is 1.25. The lowest BCUT2D eigenvalue weighted by atomic mass is 10.1. The SMILES string of the molecule is CCC(NC)c1ccn(CC(=O)N(C)C)c1. The number of nitrogens with zero attached hydrogens (tertiary/aromatic N) is 2. The molecule has 1 heterocycles. The number of nitrogens with one attached hydrogen (secondary N) is 1. The van der Waals surface area contributed by atoms with E-state index in [9.17, 15) is 4.79 Å². The molecule has 90 valence electrons. The lowest BCUT2D eigenvalue weighted by Crippen LogP contribution is -2.25. The van der Waals surface area contributed by atoms with Gasteiger partial charge in [-0.15, -0.1) is 0 Å². The fourth-order valence-corrected chi connectivity index (χ4v) is 1.67. The van der Waals surface area contributed by atoms with Gasteiger partial charge in [-0.25, -0.2) is 0 Å². The first-order valence-electron chi connectivity index (χ1n) is 5.61. The van der Waals surface area contributed by atoms with Gasteiger partial charge in [-0.05, 0) is 25.1 Å². The maximum absolute atomic E-state index is 11.5. The summed E-state index contributed by atoms with van der Waals surface area (Å²) in [6.45, 7) is 2.55. The minimum atomic E-state index is 0.111. The van der Waals surface area contributed by atoms with Gasteiger partial charge >= 0.3 is 0 Å². The molecule has 4 heteroatoms. The Kier molecular flexibility index (Phi) is 4.55. The van der Waals surface area contributed by atoms with E-state index in [-0.39, 0.29) is 5.91 Å². The minimum absolute atomic E-state index is 0.111. The standard InChI is InChI=1S/C12H21N3O/c1-5-11(13-2)10-6-7-15(8-10)9-12(16)14(3)4/h6-8,11,13H,5,9H2,1-4H3. The first-order valence-corrected chi connectivity index (χ1v) is 5.61. The molecule has 0 saturated heterocycles. The highest BCUT2D eigenvalue weighted by molar-refractivity contribution is 5.75. The number of likely N-dealkylation sites (N-methyl/N-ethyl adjacent to an activating group) is 1. The summed E-state index contributed by atoms with van der Waals surface area (Å²) in [5.41, 5.74) is 1.23. The minimum Gasteiger partial charge on any atom is -0.347 e. The average Bonchev–Trinajstić information content (AvgIpc) is 2.68. The van der Waals surface area contributed by atoms with Crippen LogP contribution in [-0.2, 0) is 11.3 Å². The van der Waals surface area contributed by atoms with Crippen LogP contribution in [0, 0.1) is 0 Å². The van der Waals surface area contributed by atoms with Gasteiger partial charge in [0.05, 0.1) is 0 Å². The Morgan fingerprint density at radius 3 is 2.75 bits per heavy atom. The molecule has 1 aromatic heterocycles. The molecule has 1 unspecified atom stereocenters. The number of aromatic nitrogens is 1. The molecule has 4 nitrogen and oxygen atoms in total. The molecule has 1 atom stereocenters. The van der Waals surface area contributed by atoms with Crippen molar-refractivity contribution in [3.8, 4) is 0 Å². The summed E-state index contributed by atoms with van der Waals surface area (Å²) in [6, 6.07) is 2.43. The van der Waals surface area contributed by atoms with E-state index in [1.54, 1.807) is 19.0 Å². The molecule has 0 bridgehead atoms. The van der Waals surface area contributed by atoms with Crippen LogP contribution in [0.2, 0.25) is 0 Å². The van der Waals surface area contributed by atoms with Crippen molar-refractivity contribution in [1.82, 2.24) is 14.8 Å². The Hall–Kier alpha value is -1.29. The topological polar surface area (TPSA) is 37.3 Å². The highest BCUT2D eigenvalue weighted by Crippen LogP contribution is 2.16.